The van der Waals surface area contributed by atoms with Crippen LogP contribution in [-0.2, 0) is 6.54 Å². The number of fused-ring (bicyclic) bond motifs is 1. The van der Waals surface area contributed by atoms with Crippen LogP contribution in [0.3, 0.4) is 0 Å². The molecule has 74 valence electrons. The van der Waals surface area contributed by atoms with Gasteiger partial charge in [0.15, 0.2) is 0 Å². The van der Waals surface area contributed by atoms with Crippen LogP contribution in [0.5, 0.6) is 0 Å². The third-order valence-electron chi connectivity index (χ3n) is 2.07. The van der Waals surface area contributed by atoms with Crippen molar-refractivity contribution < 1.29 is 9.90 Å². The van der Waals surface area contributed by atoms with Gasteiger partial charge in [0.25, 0.3) is 0 Å². The Bertz CT molecular complexity index is 388. The second-order valence-corrected chi connectivity index (χ2v) is 2.93. The zero-order chi connectivity index (χ0) is 9.26. The number of carbonyl (C=O) groups is 1. The van der Waals surface area contributed by atoms with Crippen molar-refractivity contribution in [2.45, 2.75) is 6.54 Å². The molecule has 1 aromatic carbocycles. The Morgan fingerprint density at radius 1 is 1.43 bits per heavy atom. The van der Waals surface area contributed by atoms with Gasteiger partial charge in [0.2, 0.25) is 0 Å². The minimum atomic E-state index is -0.880. The summed E-state index contributed by atoms with van der Waals surface area (Å²) in [5.74, 6) is -0.880. The molecule has 3 nitrogen and oxygen atoms in total. The predicted molar refractivity (Wildman–Crippen MR) is 56.5 cm³/mol. The van der Waals surface area contributed by atoms with E-state index in [1.165, 1.54) is 0 Å². The molecular formula is C10H10ClNO2. The molecule has 0 bridgehead atoms. The van der Waals surface area contributed by atoms with E-state index < -0.39 is 5.97 Å². The second kappa shape index (κ2) is 4.15. The van der Waals surface area contributed by atoms with Crippen molar-refractivity contribution in [1.82, 2.24) is 5.32 Å². The van der Waals surface area contributed by atoms with Crippen LogP contribution in [0.2, 0.25) is 0 Å². The number of benzene rings is 1. The van der Waals surface area contributed by atoms with E-state index in [4.69, 9.17) is 5.11 Å². The van der Waals surface area contributed by atoms with Crippen LogP contribution in [0.4, 0.5) is 0 Å². The first-order chi connectivity index (χ1) is 6.27. The van der Waals surface area contributed by atoms with E-state index in [0.29, 0.717) is 5.56 Å². The molecule has 0 radical (unpaired) electrons. The van der Waals surface area contributed by atoms with Crippen LogP contribution in [0.1, 0.15) is 21.5 Å². The smallest absolute Gasteiger partial charge is 0.335 e. The number of aromatic carboxylic acids is 1. The highest BCUT2D eigenvalue weighted by Gasteiger charge is 2.07. The van der Waals surface area contributed by atoms with Gasteiger partial charge in [-0.3, -0.25) is 0 Å². The lowest BCUT2D eigenvalue weighted by Crippen LogP contribution is -2.10. The average molecular weight is 212 g/mol. The van der Waals surface area contributed by atoms with Gasteiger partial charge in [-0.05, 0) is 35.5 Å². The summed E-state index contributed by atoms with van der Waals surface area (Å²) in [4.78, 5) is 10.6. The monoisotopic (exact) mass is 211 g/mol. The van der Waals surface area contributed by atoms with E-state index in [9.17, 15) is 4.79 Å². The van der Waals surface area contributed by atoms with Crippen molar-refractivity contribution in [3.63, 3.8) is 0 Å². The fourth-order valence-electron chi connectivity index (χ4n) is 1.36. The van der Waals surface area contributed by atoms with E-state index in [2.05, 4.69) is 5.32 Å². The third-order valence-corrected chi connectivity index (χ3v) is 2.07. The summed E-state index contributed by atoms with van der Waals surface area (Å²) in [7, 11) is 0. The third kappa shape index (κ3) is 1.88. The number of nitrogens with one attached hydrogen (secondary N) is 1. The minimum absolute atomic E-state index is 0. The highest BCUT2D eigenvalue weighted by Crippen LogP contribution is 2.16. The Hall–Kier alpha value is -1.48. The molecule has 4 heteroatoms. The van der Waals surface area contributed by atoms with Crippen molar-refractivity contribution in [3.05, 3.63) is 41.1 Å². The van der Waals surface area contributed by atoms with Crippen molar-refractivity contribution >= 4 is 24.5 Å². The maximum Gasteiger partial charge on any atom is 0.335 e. The quantitative estimate of drug-likeness (QED) is 0.746. The van der Waals surface area contributed by atoms with Crippen molar-refractivity contribution in [3.8, 4) is 0 Å². The van der Waals surface area contributed by atoms with Crippen LogP contribution >= 0.6 is 12.4 Å². The van der Waals surface area contributed by atoms with E-state index >= 15 is 0 Å². The topological polar surface area (TPSA) is 49.3 Å². The fraction of sp³-hybridized carbons (Fsp3) is 0.100. The number of hydrogen-bond donors (Lipinski definition) is 2. The summed E-state index contributed by atoms with van der Waals surface area (Å²) in [6.45, 7) is 0.770. The lowest BCUT2D eigenvalue weighted by atomic mass is 10.0. The molecule has 0 atom stereocenters. The van der Waals surface area contributed by atoms with Gasteiger partial charge in [0.1, 0.15) is 0 Å². The molecule has 0 aliphatic carbocycles. The normalized spacial score (nSPS) is 12.3. The molecule has 1 aliphatic rings. The summed E-state index contributed by atoms with van der Waals surface area (Å²) >= 11 is 0. The maximum absolute atomic E-state index is 10.6. The molecule has 2 rings (SSSR count). The van der Waals surface area contributed by atoms with E-state index in [-0.39, 0.29) is 12.4 Å². The molecule has 0 unspecified atom stereocenters. The molecule has 0 amide bonds. The van der Waals surface area contributed by atoms with Gasteiger partial charge >= 0.3 is 5.97 Å². The first-order valence-corrected chi connectivity index (χ1v) is 4.03. The SMILES string of the molecule is Cl.O=C(O)c1ccc2c(c1)C=CNC2. The van der Waals surface area contributed by atoms with Crippen LogP contribution < -0.4 is 5.32 Å². The van der Waals surface area contributed by atoms with E-state index in [0.717, 1.165) is 17.7 Å². The number of halogens is 1. The van der Waals surface area contributed by atoms with Crippen molar-refractivity contribution in [1.29, 1.82) is 0 Å². The van der Waals surface area contributed by atoms with Crippen LogP contribution in [0, 0.1) is 0 Å². The first kappa shape index (κ1) is 10.6. The lowest BCUT2D eigenvalue weighted by molar-refractivity contribution is 0.0697. The zero-order valence-electron chi connectivity index (χ0n) is 7.36. The van der Waals surface area contributed by atoms with Gasteiger partial charge in [-0.2, -0.15) is 0 Å². The second-order valence-electron chi connectivity index (χ2n) is 2.93. The van der Waals surface area contributed by atoms with Crippen LogP contribution in [0.25, 0.3) is 6.08 Å². The number of carboxylic acid groups (broad SMARTS) is 1. The molecule has 1 aliphatic heterocycles. The van der Waals surface area contributed by atoms with E-state index in [1.54, 1.807) is 12.1 Å². The summed E-state index contributed by atoms with van der Waals surface area (Å²) < 4.78 is 0. The molecule has 0 fully saturated rings. The van der Waals surface area contributed by atoms with Gasteiger partial charge in [-0.1, -0.05) is 6.07 Å². The number of hydrogen-bond acceptors (Lipinski definition) is 2. The molecule has 0 saturated carbocycles. The maximum atomic E-state index is 10.6. The fourth-order valence-corrected chi connectivity index (χ4v) is 1.36. The van der Waals surface area contributed by atoms with Gasteiger partial charge < -0.3 is 10.4 Å². The van der Waals surface area contributed by atoms with Crippen molar-refractivity contribution in [2.24, 2.45) is 0 Å². The Labute approximate surface area is 87.9 Å². The Kier molecular flexibility index (Phi) is 3.14. The first-order valence-electron chi connectivity index (χ1n) is 4.03. The number of carboxylic acids is 1. The summed E-state index contributed by atoms with van der Waals surface area (Å²) in [5, 5.41) is 11.8. The highest BCUT2D eigenvalue weighted by atomic mass is 35.5. The molecule has 1 heterocycles. The molecule has 0 saturated heterocycles. The standard InChI is InChI=1S/C10H9NO2.ClH/c12-10(13)8-1-2-9-6-11-4-3-7(9)5-8;/h1-5,11H,6H2,(H,12,13);1H. The lowest BCUT2D eigenvalue weighted by Gasteiger charge is -2.11. The van der Waals surface area contributed by atoms with Crippen LogP contribution in [0.15, 0.2) is 24.4 Å². The molecule has 2 N–H and O–H groups in total. The molecular weight excluding hydrogens is 202 g/mol. The Balaban J connectivity index is 0.000000980. The van der Waals surface area contributed by atoms with Crippen molar-refractivity contribution in [2.75, 3.05) is 0 Å². The largest absolute Gasteiger partial charge is 0.478 e. The molecule has 14 heavy (non-hydrogen) atoms. The zero-order valence-corrected chi connectivity index (χ0v) is 8.17. The average Bonchev–Trinajstić information content (AvgIpc) is 2.17. The Morgan fingerprint density at radius 2 is 2.21 bits per heavy atom. The van der Waals surface area contributed by atoms with Gasteiger partial charge in [-0.15, -0.1) is 12.4 Å². The van der Waals surface area contributed by atoms with Gasteiger partial charge in [-0.25, -0.2) is 4.79 Å². The Morgan fingerprint density at radius 3 is 2.93 bits per heavy atom. The number of rotatable bonds is 1. The molecule has 0 aromatic heterocycles. The van der Waals surface area contributed by atoms with Gasteiger partial charge in [0.05, 0.1) is 5.56 Å². The molecule has 1 aromatic rings. The summed E-state index contributed by atoms with van der Waals surface area (Å²) in [6, 6.07) is 5.16. The van der Waals surface area contributed by atoms with E-state index in [1.807, 2.05) is 18.3 Å². The molecule has 0 spiro atoms. The minimum Gasteiger partial charge on any atom is -0.478 e. The van der Waals surface area contributed by atoms with Gasteiger partial charge in [0, 0.05) is 6.54 Å². The van der Waals surface area contributed by atoms with Crippen LogP contribution in [-0.4, -0.2) is 11.1 Å². The predicted octanol–water partition coefficient (Wildman–Crippen LogP) is 1.88. The summed E-state index contributed by atoms with van der Waals surface area (Å²) in [5.41, 5.74) is 2.46. The summed E-state index contributed by atoms with van der Waals surface area (Å²) in [6.07, 6.45) is 3.71. The highest BCUT2D eigenvalue weighted by molar-refractivity contribution is 5.88.